The van der Waals surface area contributed by atoms with Crippen molar-refractivity contribution in [3.8, 4) is 0 Å². The molecule has 0 aliphatic rings. The summed E-state index contributed by atoms with van der Waals surface area (Å²) in [4.78, 5) is 0. The Morgan fingerprint density at radius 3 is 0.952 bits per heavy atom. The number of halogens is 3. The van der Waals surface area contributed by atoms with E-state index in [9.17, 15) is 0 Å². The molecule has 0 radical (unpaired) electrons. The second-order valence-electron chi connectivity index (χ2n) is 6.45. The third-order valence-electron chi connectivity index (χ3n) is 4.73. The van der Waals surface area contributed by atoms with Crippen LogP contribution in [0.2, 0.25) is 0 Å². The van der Waals surface area contributed by atoms with Crippen molar-refractivity contribution in [3.63, 3.8) is 0 Å². The lowest BCUT2D eigenvalue weighted by Gasteiger charge is -2.31. The van der Waals surface area contributed by atoms with E-state index >= 15 is 0 Å². The smallest absolute Gasteiger partial charge is 0.0475 e. The van der Waals surface area contributed by atoms with E-state index < -0.39 is 0 Å². The fraction of sp³-hybridized carbons (Fsp3) is 0.667. The van der Waals surface area contributed by atoms with Gasteiger partial charge in [-0.25, -0.2) is 0 Å². The van der Waals surface area contributed by atoms with Crippen LogP contribution in [-0.4, -0.2) is 0 Å². The van der Waals surface area contributed by atoms with Gasteiger partial charge in [-0.3, -0.25) is 0 Å². The molecule has 120 valence electrons. The zero-order valence-corrected chi connectivity index (χ0v) is 18.7. The van der Waals surface area contributed by atoms with E-state index in [0.717, 1.165) is 19.3 Å². The van der Waals surface area contributed by atoms with Crippen LogP contribution in [0.5, 0.6) is 0 Å². The van der Waals surface area contributed by atoms with Gasteiger partial charge in [-0.2, -0.15) is 0 Å². The predicted octanol–water partition coefficient (Wildman–Crippen LogP) is 7.75. The molecule has 0 nitrogen and oxygen atoms in total. The Hall–Kier alpha value is 0.660. The normalized spacial score (nSPS) is 20.4. The lowest BCUT2D eigenvalue weighted by Crippen LogP contribution is -2.20. The van der Waals surface area contributed by atoms with Gasteiger partial charge in [0.1, 0.15) is 0 Å². The van der Waals surface area contributed by atoms with Crippen molar-refractivity contribution >= 4 is 47.8 Å². The standard InChI is InChI=1S/C18H27Br3/c1-7-16(4,19)13-10-14(17(5,20)8-2)12-15(11-13)18(6,21)9-3/h10-12H,7-9H2,1-6H3. The summed E-state index contributed by atoms with van der Waals surface area (Å²) in [5, 5.41) is 0. The topological polar surface area (TPSA) is 0 Å². The first-order valence-electron chi connectivity index (χ1n) is 7.73. The van der Waals surface area contributed by atoms with Gasteiger partial charge in [0.25, 0.3) is 0 Å². The molecule has 0 aliphatic carbocycles. The van der Waals surface area contributed by atoms with E-state index in [2.05, 4.69) is 108 Å². The first-order valence-corrected chi connectivity index (χ1v) is 10.1. The highest BCUT2D eigenvalue weighted by Gasteiger charge is 2.30. The van der Waals surface area contributed by atoms with Gasteiger partial charge in [0.05, 0.1) is 0 Å². The van der Waals surface area contributed by atoms with Gasteiger partial charge < -0.3 is 0 Å². The predicted molar refractivity (Wildman–Crippen MR) is 106 cm³/mol. The van der Waals surface area contributed by atoms with Crippen molar-refractivity contribution in [2.75, 3.05) is 0 Å². The van der Waals surface area contributed by atoms with Gasteiger partial charge >= 0.3 is 0 Å². The minimum atomic E-state index is 0.0192. The molecule has 0 amide bonds. The molecule has 1 aromatic rings. The molecule has 0 aromatic heterocycles. The molecule has 0 N–H and O–H groups in total. The van der Waals surface area contributed by atoms with E-state index in [0.29, 0.717) is 0 Å². The van der Waals surface area contributed by atoms with E-state index in [4.69, 9.17) is 0 Å². The van der Waals surface area contributed by atoms with Crippen LogP contribution >= 0.6 is 47.8 Å². The minimum absolute atomic E-state index is 0.0192. The highest BCUT2D eigenvalue weighted by Crippen LogP contribution is 2.44. The summed E-state index contributed by atoms with van der Waals surface area (Å²) in [6, 6.07) is 7.04. The van der Waals surface area contributed by atoms with Crippen LogP contribution in [0.3, 0.4) is 0 Å². The first kappa shape index (κ1) is 19.7. The molecule has 3 atom stereocenters. The lowest BCUT2D eigenvalue weighted by atomic mass is 9.86. The largest absolute Gasteiger partial charge is 0.0804 e. The zero-order chi connectivity index (χ0) is 16.5. The molecular weight excluding hydrogens is 456 g/mol. The number of benzene rings is 1. The first-order chi connectivity index (χ1) is 9.50. The fourth-order valence-electron chi connectivity index (χ4n) is 2.14. The van der Waals surface area contributed by atoms with Crippen LogP contribution < -0.4 is 0 Å². The Kier molecular flexibility index (Phi) is 6.61. The molecule has 0 saturated heterocycles. The van der Waals surface area contributed by atoms with E-state index in [1.807, 2.05) is 0 Å². The number of hydrogen-bond donors (Lipinski definition) is 0. The maximum absolute atomic E-state index is 3.90. The maximum atomic E-state index is 3.90. The van der Waals surface area contributed by atoms with Crippen molar-refractivity contribution in [3.05, 3.63) is 34.9 Å². The summed E-state index contributed by atoms with van der Waals surface area (Å²) in [5.41, 5.74) is 4.07. The molecule has 0 fully saturated rings. The van der Waals surface area contributed by atoms with Crippen molar-refractivity contribution in [1.82, 2.24) is 0 Å². The summed E-state index contributed by atoms with van der Waals surface area (Å²) >= 11 is 11.7. The molecule has 0 spiro atoms. The third kappa shape index (κ3) is 4.57. The highest BCUT2D eigenvalue weighted by atomic mass is 79.9. The number of rotatable bonds is 6. The van der Waals surface area contributed by atoms with Crippen LogP contribution in [0.25, 0.3) is 0 Å². The summed E-state index contributed by atoms with van der Waals surface area (Å²) in [7, 11) is 0. The maximum Gasteiger partial charge on any atom is 0.0475 e. The van der Waals surface area contributed by atoms with E-state index in [-0.39, 0.29) is 13.0 Å². The van der Waals surface area contributed by atoms with Gasteiger partial charge in [0.2, 0.25) is 0 Å². The quantitative estimate of drug-likeness (QED) is 0.363. The van der Waals surface area contributed by atoms with Crippen molar-refractivity contribution < 1.29 is 0 Å². The summed E-state index contributed by atoms with van der Waals surface area (Å²) < 4.78 is 0.0577. The minimum Gasteiger partial charge on any atom is -0.0804 e. The highest BCUT2D eigenvalue weighted by molar-refractivity contribution is 9.10. The summed E-state index contributed by atoms with van der Waals surface area (Å²) in [6.45, 7) is 13.4. The van der Waals surface area contributed by atoms with Gasteiger partial charge in [-0.05, 0) is 56.7 Å². The Balaban J connectivity index is 3.55. The SMILES string of the molecule is CCC(C)(Br)c1cc(C(C)(Br)CC)cc(C(C)(Br)CC)c1. The third-order valence-corrected chi connectivity index (χ3v) is 7.79. The van der Waals surface area contributed by atoms with Gasteiger partial charge in [-0.1, -0.05) is 86.8 Å². The molecule has 3 unspecified atom stereocenters. The van der Waals surface area contributed by atoms with E-state index in [1.165, 1.54) is 16.7 Å². The zero-order valence-electron chi connectivity index (χ0n) is 14.0. The van der Waals surface area contributed by atoms with Crippen molar-refractivity contribution in [1.29, 1.82) is 0 Å². The Labute approximate surface area is 155 Å². The molecule has 1 rings (SSSR count). The van der Waals surface area contributed by atoms with Crippen LogP contribution in [0.4, 0.5) is 0 Å². The Morgan fingerprint density at radius 1 is 0.619 bits per heavy atom. The van der Waals surface area contributed by atoms with Crippen LogP contribution in [0, 0.1) is 0 Å². The van der Waals surface area contributed by atoms with Gasteiger partial charge in [-0.15, -0.1) is 0 Å². The van der Waals surface area contributed by atoms with Crippen LogP contribution in [0.15, 0.2) is 18.2 Å². The fourth-order valence-corrected chi connectivity index (χ4v) is 2.83. The molecule has 1 aromatic carbocycles. The molecule has 0 heterocycles. The van der Waals surface area contributed by atoms with Crippen molar-refractivity contribution in [2.24, 2.45) is 0 Å². The van der Waals surface area contributed by atoms with Crippen LogP contribution in [-0.2, 0) is 13.0 Å². The number of alkyl halides is 3. The monoisotopic (exact) mass is 480 g/mol. The lowest BCUT2D eigenvalue weighted by molar-refractivity contribution is 0.639. The van der Waals surface area contributed by atoms with Crippen LogP contribution in [0.1, 0.15) is 77.5 Å². The second-order valence-corrected chi connectivity index (χ2v) is 11.7. The molecular formula is C18H27Br3. The molecule has 0 bridgehead atoms. The molecule has 3 heteroatoms. The number of hydrogen-bond acceptors (Lipinski definition) is 0. The molecule has 0 aliphatic heterocycles. The average Bonchev–Trinajstić information content (AvgIpc) is 2.46. The van der Waals surface area contributed by atoms with Gasteiger partial charge in [0, 0.05) is 13.0 Å². The summed E-state index contributed by atoms with van der Waals surface area (Å²) in [6.07, 6.45) is 3.18. The average molecular weight is 483 g/mol. The molecule has 0 saturated carbocycles. The Bertz CT molecular complexity index is 403. The molecule has 21 heavy (non-hydrogen) atoms. The second kappa shape index (κ2) is 7.05. The summed E-state index contributed by atoms with van der Waals surface area (Å²) in [5.74, 6) is 0. The van der Waals surface area contributed by atoms with Crippen molar-refractivity contribution in [2.45, 2.75) is 73.8 Å². The van der Waals surface area contributed by atoms with Gasteiger partial charge in [0.15, 0.2) is 0 Å². The van der Waals surface area contributed by atoms with E-state index in [1.54, 1.807) is 0 Å². The Morgan fingerprint density at radius 2 is 0.810 bits per heavy atom.